The Morgan fingerprint density at radius 1 is 1.50 bits per heavy atom. The minimum absolute atomic E-state index is 0.201. The number of alkyl halides is 3. The Hall–Kier alpha value is -1.77. The van der Waals surface area contributed by atoms with E-state index in [1.165, 1.54) is 4.68 Å². The maximum Gasteiger partial charge on any atom is 0.435 e. The third kappa shape index (κ3) is 3.41. The van der Waals surface area contributed by atoms with E-state index in [-0.39, 0.29) is 18.3 Å². The van der Waals surface area contributed by atoms with Gasteiger partial charge in [-0.1, -0.05) is 0 Å². The number of carboxylic acid groups (broad SMARTS) is 1. The number of ether oxygens (including phenoxy) is 1. The zero-order valence-electron chi connectivity index (χ0n) is 10.5. The number of halogens is 3. The maximum atomic E-state index is 12.7. The molecule has 112 valence electrons. The van der Waals surface area contributed by atoms with Crippen molar-refractivity contribution in [3.63, 3.8) is 0 Å². The summed E-state index contributed by atoms with van der Waals surface area (Å²) in [5.74, 6) is 0. The number of amides is 1. The molecule has 0 spiro atoms. The van der Waals surface area contributed by atoms with Crippen LogP contribution >= 0.6 is 0 Å². The first-order chi connectivity index (χ1) is 9.38. The number of carbonyl (C=O) groups is 1. The molecule has 2 N–H and O–H groups in total. The molecule has 0 radical (unpaired) electrons. The van der Waals surface area contributed by atoms with Crippen LogP contribution in [-0.4, -0.2) is 34.2 Å². The van der Waals surface area contributed by atoms with Crippen molar-refractivity contribution in [2.75, 3.05) is 13.2 Å². The number of hydrogen-bond donors (Lipinski definition) is 2. The lowest BCUT2D eigenvalue weighted by Crippen LogP contribution is -2.26. The van der Waals surface area contributed by atoms with Crippen molar-refractivity contribution in [1.29, 1.82) is 0 Å². The highest BCUT2D eigenvalue weighted by atomic mass is 19.4. The van der Waals surface area contributed by atoms with Gasteiger partial charge < -0.3 is 15.2 Å². The topological polar surface area (TPSA) is 76.4 Å². The molecule has 1 saturated heterocycles. The van der Waals surface area contributed by atoms with Gasteiger partial charge in [-0.2, -0.15) is 18.3 Å². The first kappa shape index (κ1) is 14.6. The fourth-order valence-corrected chi connectivity index (χ4v) is 2.12. The highest BCUT2D eigenvalue weighted by Crippen LogP contribution is 2.31. The Morgan fingerprint density at radius 3 is 2.70 bits per heavy atom. The van der Waals surface area contributed by atoms with Crippen LogP contribution in [0.15, 0.2) is 6.07 Å². The van der Waals surface area contributed by atoms with Crippen LogP contribution < -0.4 is 5.32 Å². The van der Waals surface area contributed by atoms with Crippen LogP contribution in [0.2, 0.25) is 0 Å². The normalized spacial score (nSPS) is 17.1. The van der Waals surface area contributed by atoms with Crippen molar-refractivity contribution >= 4 is 6.09 Å². The van der Waals surface area contributed by atoms with Crippen LogP contribution in [0.3, 0.4) is 0 Å². The SMILES string of the molecule is O=C(O)NCc1cc(C(F)(F)F)nn1C1CCOCC1. The van der Waals surface area contributed by atoms with E-state index in [9.17, 15) is 18.0 Å². The van der Waals surface area contributed by atoms with Gasteiger partial charge in [0, 0.05) is 13.2 Å². The van der Waals surface area contributed by atoms with Gasteiger partial charge in [0.25, 0.3) is 0 Å². The minimum atomic E-state index is -4.55. The molecule has 6 nitrogen and oxygen atoms in total. The highest BCUT2D eigenvalue weighted by molar-refractivity contribution is 5.64. The van der Waals surface area contributed by atoms with Gasteiger partial charge in [0.15, 0.2) is 5.69 Å². The molecule has 9 heteroatoms. The Morgan fingerprint density at radius 2 is 2.15 bits per heavy atom. The molecule has 1 amide bonds. The van der Waals surface area contributed by atoms with Crippen LogP contribution in [0, 0.1) is 0 Å². The van der Waals surface area contributed by atoms with Gasteiger partial charge in [0.05, 0.1) is 18.3 Å². The van der Waals surface area contributed by atoms with Gasteiger partial charge in [0.1, 0.15) is 0 Å². The van der Waals surface area contributed by atoms with Crippen LogP contribution in [0.4, 0.5) is 18.0 Å². The zero-order chi connectivity index (χ0) is 14.8. The Bertz CT molecular complexity index is 481. The lowest BCUT2D eigenvalue weighted by Gasteiger charge is -2.24. The first-order valence-corrected chi connectivity index (χ1v) is 6.08. The van der Waals surface area contributed by atoms with Gasteiger partial charge >= 0.3 is 12.3 Å². The molecule has 0 aromatic carbocycles. The van der Waals surface area contributed by atoms with Crippen LogP contribution in [0.1, 0.15) is 30.3 Å². The minimum Gasteiger partial charge on any atom is -0.465 e. The Kier molecular flexibility index (Phi) is 4.17. The standard InChI is InChI=1S/C11H14F3N3O3/c12-11(13,14)9-5-8(6-15-10(18)19)17(16-9)7-1-3-20-4-2-7/h5,7,15H,1-4,6H2,(H,18,19). The summed E-state index contributed by atoms with van der Waals surface area (Å²) in [7, 11) is 0. The van der Waals surface area contributed by atoms with Crippen LogP contribution in [0.5, 0.6) is 0 Å². The molecule has 1 fully saturated rings. The van der Waals surface area contributed by atoms with E-state index >= 15 is 0 Å². The van der Waals surface area contributed by atoms with Crippen molar-refractivity contribution < 1.29 is 27.8 Å². The van der Waals surface area contributed by atoms with E-state index in [0.717, 1.165) is 6.07 Å². The van der Waals surface area contributed by atoms with Crippen LogP contribution in [0.25, 0.3) is 0 Å². The number of hydrogen-bond acceptors (Lipinski definition) is 3. The van der Waals surface area contributed by atoms with Crippen molar-refractivity contribution in [1.82, 2.24) is 15.1 Å². The summed E-state index contributed by atoms with van der Waals surface area (Å²) in [4.78, 5) is 10.5. The molecule has 0 aliphatic carbocycles. The third-order valence-electron chi connectivity index (χ3n) is 3.06. The molecular weight excluding hydrogens is 279 g/mol. The molecule has 0 saturated carbocycles. The van der Waals surface area contributed by atoms with E-state index in [4.69, 9.17) is 9.84 Å². The lowest BCUT2D eigenvalue weighted by atomic mass is 10.1. The molecule has 1 aromatic rings. The second-order valence-corrected chi connectivity index (χ2v) is 4.47. The summed E-state index contributed by atoms with van der Waals surface area (Å²) < 4.78 is 44.6. The Balaban J connectivity index is 2.26. The molecule has 0 bridgehead atoms. The largest absolute Gasteiger partial charge is 0.465 e. The van der Waals surface area contributed by atoms with E-state index < -0.39 is 18.0 Å². The van der Waals surface area contributed by atoms with Crippen LogP contribution in [-0.2, 0) is 17.5 Å². The van der Waals surface area contributed by atoms with E-state index in [0.29, 0.717) is 26.1 Å². The summed E-state index contributed by atoms with van der Waals surface area (Å²) in [6, 6.07) is 0.677. The molecule has 1 aromatic heterocycles. The van der Waals surface area contributed by atoms with Crippen molar-refractivity contribution in [3.05, 3.63) is 17.5 Å². The molecule has 0 atom stereocenters. The average Bonchev–Trinajstić information content (AvgIpc) is 2.81. The maximum absolute atomic E-state index is 12.7. The predicted octanol–water partition coefficient (Wildman–Crippen LogP) is 2.02. The number of nitrogens with one attached hydrogen (secondary N) is 1. The Labute approximate surface area is 112 Å². The van der Waals surface area contributed by atoms with Crippen molar-refractivity contribution in [3.8, 4) is 0 Å². The fraction of sp³-hybridized carbons (Fsp3) is 0.636. The predicted molar refractivity (Wildman–Crippen MR) is 61.2 cm³/mol. The van der Waals surface area contributed by atoms with Crippen molar-refractivity contribution in [2.24, 2.45) is 0 Å². The fourth-order valence-electron chi connectivity index (χ4n) is 2.12. The third-order valence-corrected chi connectivity index (χ3v) is 3.06. The molecular formula is C11H14F3N3O3. The smallest absolute Gasteiger partial charge is 0.435 e. The van der Waals surface area contributed by atoms with E-state index in [1.54, 1.807) is 0 Å². The summed E-state index contributed by atoms with van der Waals surface area (Å²) in [5.41, 5.74) is -0.808. The molecule has 1 aliphatic heterocycles. The number of nitrogens with zero attached hydrogens (tertiary/aromatic N) is 2. The summed E-state index contributed by atoms with van der Waals surface area (Å²) in [5, 5.41) is 14.2. The zero-order valence-corrected chi connectivity index (χ0v) is 10.5. The van der Waals surface area contributed by atoms with Crippen molar-refractivity contribution in [2.45, 2.75) is 31.6 Å². The monoisotopic (exact) mass is 293 g/mol. The molecule has 2 rings (SSSR count). The number of aromatic nitrogens is 2. The second kappa shape index (κ2) is 5.70. The molecule has 2 heterocycles. The summed E-state index contributed by atoms with van der Waals surface area (Å²) >= 11 is 0. The first-order valence-electron chi connectivity index (χ1n) is 6.08. The van der Waals surface area contributed by atoms with Gasteiger partial charge in [-0.05, 0) is 18.9 Å². The lowest BCUT2D eigenvalue weighted by molar-refractivity contribution is -0.141. The van der Waals surface area contributed by atoms with Gasteiger partial charge in [-0.3, -0.25) is 4.68 Å². The average molecular weight is 293 g/mol. The van der Waals surface area contributed by atoms with E-state index in [2.05, 4.69) is 10.4 Å². The summed E-state index contributed by atoms with van der Waals surface area (Å²) in [6.07, 6.45) is -4.73. The van der Waals surface area contributed by atoms with Gasteiger partial charge in [0.2, 0.25) is 0 Å². The second-order valence-electron chi connectivity index (χ2n) is 4.47. The molecule has 0 unspecified atom stereocenters. The van der Waals surface area contributed by atoms with E-state index in [1.807, 2.05) is 0 Å². The summed E-state index contributed by atoms with van der Waals surface area (Å²) in [6.45, 7) is 0.700. The quantitative estimate of drug-likeness (QED) is 0.894. The van der Waals surface area contributed by atoms with Gasteiger partial charge in [-0.15, -0.1) is 0 Å². The van der Waals surface area contributed by atoms with Gasteiger partial charge in [-0.25, -0.2) is 4.79 Å². The highest BCUT2D eigenvalue weighted by Gasteiger charge is 2.36. The molecule has 1 aliphatic rings. The molecule has 20 heavy (non-hydrogen) atoms. The number of rotatable bonds is 3.